The Kier molecular flexibility index (Phi) is 7.68. The zero-order chi connectivity index (χ0) is 20.5. The third-order valence-electron chi connectivity index (χ3n) is 4.37. The summed E-state index contributed by atoms with van der Waals surface area (Å²) in [4.78, 5) is 12.8. The summed E-state index contributed by atoms with van der Waals surface area (Å²) in [5.74, 6) is 1.04. The molecule has 1 aromatic heterocycles. The average molecular weight is 417 g/mol. The molecule has 1 aliphatic rings. The van der Waals surface area contributed by atoms with E-state index in [1.807, 2.05) is 0 Å². The molecular formula is C19H23N5O4S. The van der Waals surface area contributed by atoms with Gasteiger partial charge in [-0.25, -0.2) is 0 Å². The zero-order valence-electron chi connectivity index (χ0n) is 15.9. The van der Waals surface area contributed by atoms with Crippen molar-refractivity contribution in [3.63, 3.8) is 0 Å². The molecular weight excluding hydrogens is 394 g/mol. The topological polar surface area (TPSA) is 105 Å². The van der Waals surface area contributed by atoms with Gasteiger partial charge in [0.2, 0.25) is 0 Å². The minimum absolute atomic E-state index is 0.0147. The maximum absolute atomic E-state index is 10.9. The third-order valence-corrected chi connectivity index (χ3v) is 4.60. The van der Waals surface area contributed by atoms with Crippen LogP contribution in [-0.4, -0.2) is 60.5 Å². The van der Waals surface area contributed by atoms with Crippen molar-refractivity contribution in [1.29, 1.82) is 0 Å². The van der Waals surface area contributed by atoms with Gasteiger partial charge in [-0.1, -0.05) is 12.1 Å². The second-order valence-electron chi connectivity index (χ2n) is 6.44. The van der Waals surface area contributed by atoms with E-state index < -0.39 is 4.92 Å². The number of hydrogen-bond donors (Lipinski definition) is 2. The molecule has 2 heterocycles. The summed E-state index contributed by atoms with van der Waals surface area (Å²) in [6.45, 7) is 5.34. The molecule has 0 amide bonds. The molecule has 10 heteroatoms. The van der Waals surface area contributed by atoms with E-state index >= 15 is 0 Å². The summed E-state index contributed by atoms with van der Waals surface area (Å²) in [5, 5.41) is 18.5. The molecule has 1 fully saturated rings. The van der Waals surface area contributed by atoms with Crippen LogP contribution in [0.3, 0.4) is 0 Å². The molecule has 0 unspecified atom stereocenters. The van der Waals surface area contributed by atoms with Crippen LogP contribution in [0.4, 0.5) is 5.69 Å². The summed E-state index contributed by atoms with van der Waals surface area (Å²) in [5.41, 5.74) is 3.39. The monoisotopic (exact) mass is 417 g/mol. The molecule has 0 radical (unpaired) electrons. The highest BCUT2D eigenvalue weighted by Gasteiger charge is 2.10. The molecule has 0 saturated carbocycles. The van der Waals surface area contributed by atoms with E-state index in [-0.39, 0.29) is 5.69 Å². The largest absolute Gasteiger partial charge is 0.455 e. The highest BCUT2D eigenvalue weighted by atomic mass is 32.1. The van der Waals surface area contributed by atoms with Crippen LogP contribution in [0.25, 0.3) is 11.3 Å². The molecule has 1 aliphatic heterocycles. The van der Waals surface area contributed by atoms with Gasteiger partial charge in [-0.3, -0.25) is 20.4 Å². The quantitative estimate of drug-likeness (QED) is 0.222. The Morgan fingerprint density at radius 1 is 1.31 bits per heavy atom. The summed E-state index contributed by atoms with van der Waals surface area (Å²) < 4.78 is 11.0. The second kappa shape index (κ2) is 10.6. The van der Waals surface area contributed by atoms with Gasteiger partial charge in [-0.2, -0.15) is 5.10 Å². The Balaban J connectivity index is 1.40. The smallest absolute Gasteiger partial charge is 0.270 e. The van der Waals surface area contributed by atoms with Crippen LogP contribution in [0.1, 0.15) is 12.2 Å². The molecule has 0 bridgehead atoms. The number of morpholine rings is 1. The van der Waals surface area contributed by atoms with Crippen LogP contribution in [0, 0.1) is 10.1 Å². The first-order chi connectivity index (χ1) is 14.1. The van der Waals surface area contributed by atoms with Gasteiger partial charge in [-0.15, -0.1) is 0 Å². The number of benzene rings is 1. The van der Waals surface area contributed by atoms with Crippen molar-refractivity contribution >= 4 is 29.2 Å². The van der Waals surface area contributed by atoms with Gasteiger partial charge in [0.15, 0.2) is 5.11 Å². The number of hydrazone groups is 1. The van der Waals surface area contributed by atoms with Gasteiger partial charge in [-0.05, 0) is 37.3 Å². The van der Waals surface area contributed by atoms with E-state index in [0.717, 1.165) is 45.8 Å². The Morgan fingerprint density at radius 2 is 2.14 bits per heavy atom. The fourth-order valence-electron chi connectivity index (χ4n) is 2.87. The maximum atomic E-state index is 10.9. The van der Waals surface area contributed by atoms with Crippen molar-refractivity contribution in [3.05, 3.63) is 52.3 Å². The Hall–Kier alpha value is -2.82. The second-order valence-corrected chi connectivity index (χ2v) is 6.85. The van der Waals surface area contributed by atoms with Gasteiger partial charge in [0, 0.05) is 37.3 Å². The fourth-order valence-corrected chi connectivity index (χ4v) is 3.03. The fraction of sp³-hybridized carbons (Fsp3) is 0.368. The highest BCUT2D eigenvalue weighted by molar-refractivity contribution is 7.80. The number of nitro groups is 1. The van der Waals surface area contributed by atoms with Crippen molar-refractivity contribution in [2.75, 3.05) is 39.4 Å². The number of nitrogens with one attached hydrogen (secondary N) is 2. The van der Waals surface area contributed by atoms with E-state index in [4.69, 9.17) is 21.4 Å². The predicted octanol–water partition coefficient (Wildman–Crippen LogP) is 2.38. The molecule has 9 nitrogen and oxygen atoms in total. The molecule has 2 aromatic rings. The van der Waals surface area contributed by atoms with Crippen LogP contribution in [0.15, 0.2) is 45.9 Å². The van der Waals surface area contributed by atoms with E-state index in [0.29, 0.717) is 22.2 Å². The molecule has 0 aliphatic carbocycles. The maximum Gasteiger partial charge on any atom is 0.270 e. The normalized spacial score (nSPS) is 14.8. The SMILES string of the molecule is O=[N+]([O-])c1cccc(-c2ccc(/C=N/NC(=S)NCCCN3CCOCC3)o2)c1. The highest BCUT2D eigenvalue weighted by Crippen LogP contribution is 2.25. The van der Waals surface area contributed by atoms with Gasteiger partial charge in [0.25, 0.3) is 5.69 Å². The molecule has 1 saturated heterocycles. The molecule has 3 rings (SSSR count). The number of hydrogen-bond acceptors (Lipinski definition) is 7. The lowest BCUT2D eigenvalue weighted by Gasteiger charge is -2.26. The van der Waals surface area contributed by atoms with E-state index in [1.165, 1.54) is 18.3 Å². The van der Waals surface area contributed by atoms with E-state index in [1.54, 1.807) is 24.3 Å². The van der Waals surface area contributed by atoms with Crippen LogP contribution in [0.2, 0.25) is 0 Å². The van der Waals surface area contributed by atoms with Gasteiger partial charge in [0.05, 0.1) is 24.4 Å². The van der Waals surface area contributed by atoms with Crippen LogP contribution < -0.4 is 10.7 Å². The average Bonchev–Trinajstić information content (AvgIpc) is 3.21. The number of ether oxygens (including phenoxy) is 1. The first kappa shape index (κ1) is 20.9. The van der Waals surface area contributed by atoms with Gasteiger partial charge in [0.1, 0.15) is 11.5 Å². The van der Waals surface area contributed by atoms with E-state index in [2.05, 4.69) is 20.7 Å². The lowest BCUT2D eigenvalue weighted by Crippen LogP contribution is -2.39. The number of nitrogens with zero attached hydrogens (tertiary/aromatic N) is 3. The summed E-state index contributed by atoms with van der Waals surface area (Å²) in [6, 6.07) is 9.75. The molecule has 0 spiro atoms. The van der Waals surface area contributed by atoms with Gasteiger partial charge < -0.3 is 14.5 Å². The predicted molar refractivity (Wildman–Crippen MR) is 114 cm³/mol. The Labute approximate surface area is 173 Å². The molecule has 154 valence electrons. The number of non-ortho nitro benzene ring substituents is 1. The zero-order valence-corrected chi connectivity index (χ0v) is 16.7. The molecule has 29 heavy (non-hydrogen) atoms. The summed E-state index contributed by atoms with van der Waals surface area (Å²) in [6.07, 6.45) is 2.48. The Morgan fingerprint density at radius 3 is 2.93 bits per heavy atom. The molecule has 0 atom stereocenters. The number of nitro benzene ring substituents is 1. The molecule has 1 aromatic carbocycles. The van der Waals surface area contributed by atoms with Crippen molar-refractivity contribution in [1.82, 2.24) is 15.6 Å². The Bertz CT molecular complexity index is 864. The lowest BCUT2D eigenvalue weighted by molar-refractivity contribution is -0.384. The minimum atomic E-state index is -0.437. The first-order valence-electron chi connectivity index (χ1n) is 9.33. The minimum Gasteiger partial charge on any atom is -0.455 e. The summed E-state index contributed by atoms with van der Waals surface area (Å²) in [7, 11) is 0. The van der Waals surface area contributed by atoms with Crippen molar-refractivity contribution in [2.45, 2.75) is 6.42 Å². The van der Waals surface area contributed by atoms with Crippen molar-refractivity contribution < 1.29 is 14.1 Å². The molecule has 2 N–H and O–H groups in total. The summed E-state index contributed by atoms with van der Waals surface area (Å²) >= 11 is 5.20. The van der Waals surface area contributed by atoms with Crippen LogP contribution >= 0.6 is 12.2 Å². The lowest BCUT2D eigenvalue weighted by atomic mass is 10.1. The first-order valence-corrected chi connectivity index (χ1v) is 9.74. The van der Waals surface area contributed by atoms with E-state index in [9.17, 15) is 10.1 Å². The van der Waals surface area contributed by atoms with Gasteiger partial charge >= 0.3 is 0 Å². The van der Waals surface area contributed by atoms with Crippen molar-refractivity contribution in [3.8, 4) is 11.3 Å². The standard InChI is InChI=1S/C19H23N5O4S/c25-24(26)16-4-1-3-15(13-16)18-6-5-17(28-18)14-21-22-19(29)20-7-2-8-23-9-11-27-12-10-23/h1,3-6,13-14H,2,7-12H2,(H2,20,22,29)/b21-14+. The van der Waals surface area contributed by atoms with Crippen LogP contribution in [0.5, 0.6) is 0 Å². The number of thiocarbonyl (C=S) groups is 1. The third kappa shape index (κ3) is 6.63. The number of rotatable bonds is 8. The van der Waals surface area contributed by atoms with Crippen molar-refractivity contribution in [2.24, 2.45) is 5.10 Å². The van der Waals surface area contributed by atoms with Crippen LogP contribution in [-0.2, 0) is 4.74 Å². The number of furan rings is 1.